The van der Waals surface area contributed by atoms with E-state index in [2.05, 4.69) is 41.7 Å². The van der Waals surface area contributed by atoms with Gasteiger partial charge in [0.05, 0.1) is 7.11 Å². The quantitative estimate of drug-likeness (QED) is 0.261. The predicted octanol–water partition coefficient (Wildman–Crippen LogP) is 6.83. The van der Waals surface area contributed by atoms with Gasteiger partial charge in [-0.25, -0.2) is 4.79 Å². The number of esters is 1. The minimum absolute atomic E-state index is 0.0702. The van der Waals surface area contributed by atoms with Gasteiger partial charge in [-0.05, 0) is 60.7 Å². The van der Waals surface area contributed by atoms with Crippen molar-refractivity contribution < 1.29 is 14.3 Å². The molecule has 178 valence electrons. The summed E-state index contributed by atoms with van der Waals surface area (Å²) in [7, 11) is 1.42. The van der Waals surface area contributed by atoms with Crippen molar-refractivity contribution >= 4 is 5.97 Å². The van der Waals surface area contributed by atoms with E-state index < -0.39 is 5.54 Å². The van der Waals surface area contributed by atoms with Gasteiger partial charge in [-0.1, -0.05) is 91.0 Å². The molecule has 0 heterocycles. The molecule has 4 nitrogen and oxygen atoms in total. The van der Waals surface area contributed by atoms with Crippen LogP contribution in [0.1, 0.15) is 36.1 Å². The van der Waals surface area contributed by atoms with Crippen molar-refractivity contribution in [3.63, 3.8) is 0 Å². The fraction of sp³-hybridized carbons (Fsp3) is 0.194. The van der Waals surface area contributed by atoms with Crippen LogP contribution in [0.15, 0.2) is 115 Å². The van der Waals surface area contributed by atoms with Crippen LogP contribution >= 0.6 is 0 Å². The monoisotopic (exact) mass is 465 g/mol. The second-order valence-electron chi connectivity index (χ2n) is 8.69. The number of para-hydroxylation sites is 1. The van der Waals surface area contributed by atoms with Crippen LogP contribution in [0.5, 0.6) is 11.5 Å². The molecular formula is C31H31NO3. The van der Waals surface area contributed by atoms with E-state index in [9.17, 15) is 4.79 Å². The van der Waals surface area contributed by atoms with Gasteiger partial charge in [-0.3, -0.25) is 5.32 Å². The summed E-state index contributed by atoms with van der Waals surface area (Å²) in [5, 5.41) is 3.65. The summed E-state index contributed by atoms with van der Waals surface area (Å²) in [5.74, 6) is 1.04. The number of rotatable bonds is 10. The first-order valence-corrected chi connectivity index (χ1v) is 11.9. The number of hydrogen-bond donors (Lipinski definition) is 1. The fourth-order valence-electron chi connectivity index (χ4n) is 4.27. The van der Waals surface area contributed by atoms with Gasteiger partial charge in [0.25, 0.3) is 0 Å². The molecule has 4 aromatic carbocycles. The topological polar surface area (TPSA) is 47.6 Å². The van der Waals surface area contributed by atoms with Crippen LogP contribution in [0.4, 0.5) is 0 Å². The van der Waals surface area contributed by atoms with Crippen LogP contribution in [0.3, 0.4) is 0 Å². The van der Waals surface area contributed by atoms with Crippen molar-refractivity contribution in [3.8, 4) is 11.5 Å². The fourth-order valence-corrected chi connectivity index (χ4v) is 4.27. The molecule has 0 aliphatic rings. The maximum Gasteiger partial charge on any atom is 0.330 e. The molecule has 4 rings (SSSR count). The van der Waals surface area contributed by atoms with Gasteiger partial charge < -0.3 is 9.47 Å². The predicted molar refractivity (Wildman–Crippen MR) is 139 cm³/mol. The lowest BCUT2D eigenvalue weighted by Gasteiger charge is -2.34. The van der Waals surface area contributed by atoms with E-state index in [4.69, 9.17) is 9.47 Å². The van der Waals surface area contributed by atoms with Crippen LogP contribution in [0.25, 0.3) is 0 Å². The summed E-state index contributed by atoms with van der Waals surface area (Å²) in [4.78, 5) is 13.2. The summed E-state index contributed by atoms with van der Waals surface area (Å²) in [6.07, 6.45) is 1.70. The summed E-state index contributed by atoms with van der Waals surface area (Å²) in [6, 6.07) is 37.8. The standard InChI is InChI=1S/C31H31NO3/c1-31(30(33)34-2,26-17-12-20-28(23-26)35-27-18-10-5-11-19-27)32-29(25-15-8-4-9-16-25)22-21-24-13-6-3-7-14-24/h3-20,23,29,32H,21-22H2,1-2H3/t29-,31+/m0/s1. The Kier molecular flexibility index (Phi) is 7.96. The molecule has 0 amide bonds. The first-order valence-electron chi connectivity index (χ1n) is 11.9. The maximum atomic E-state index is 13.2. The molecule has 1 N–H and O–H groups in total. The third-order valence-electron chi connectivity index (χ3n) is 6.21. The number of aryl methyl sites for hydroxylation is 1. The van der Waals surface area contributed by atoms with E-state index in [1.54, 1.807) is 0 Å². The zero-order valence-electron chi connectivity index (χ0n) is 20.2. The average Bonchev–Trinajstić information content (AvgIpc) is 2.92. The Morgan fingerprint density at radius 2 is 1.40 bits per heavy atom. The van der Waals surface area contributed by atoms with Crippen LogP contribution in [-0.2, 0) is 21.5 Å². The Morgan fingerprint density at radius 1 is 0.800 bits per heavy atom. The van der Waals surface area contributed by atoms with E-state index in [0.717, 1.165) is 29.7 Å². The Bertz CT molecular complexity index is 1210. The third kappa shape index (κ3) is 6.17. The zero-order chi connectivity index (χ0) is 24.5. The van der Waals surface area contributed by atoms with E-state index in [0.29, 0.717) is 5.75 Å². The maximum absolute atomic E-state index is 13.2. The summed E-state index contributed by atoms with van der Waals surface area (Å²) in [6.45, 7) is 1.87. The molecule has 4 heteroatoms. The Hall–Kier alpha value is -3.89. The van der Waals surface area contributed by atoms with Crippen LogP contribution in [-0.4, -0.2) is 13.1 Å². The van der Waals surface area contributed by atoms with Gasteiger partial charge in [0.15, 0.2) is 0 Å². The van der Waals surface area contributed by atoms with Gasteiger partial charge >= 0.3 is 5.97 Å². The number of benzene rings is 4. The minimum atomic E-state index is -1.08. The lowest BCUT2D eigenvalue weighted by Crippen LogP contribution is -2.49. The van der Waals surface area contributed by atoms with E-state index >= 15 is 0 Å². The SMILES string of the molecule is COC(=O)[C@](C)(N[C@@H](CCc1ccccc1)c1ccccc1)c1cccc(Oc2ccccc2)c1. The molecule has 0 fully saturated rings. The number of hydrogen-bond acceptors (Lipinski definition) is 4. The molecule has 0 unspecified atom stereocenters. The molecule has 0 saturated heterocycles. The number of nitrogens with one attached hydrogen (secondary N) is 1. The largest absolute Gasteiger partial charge is 0.467 e. The molecule has 0 bridgehead atoms. The number of ether oxygens (including phenoxy) is 2. The van der Waals surface area contributed by atoms with Crippen LogP contribution in [0, 0.1) is 0 Å². The highest BCUT2D eigenvalue weighted by Crippen LogP contribution is 2.32. The lowest BCUT2D eigenvalue weighted by molar-refractivity contribution is -0.148. The molecule has 0 aliphatic carbocycles. The molecule has 35 heavy (non-hydrogen) atoms. The highest BCUT2D eigenvalue weighted by molar-refractivity contribution is 5.82. The second-order valence-corrected chi connectivity index (χ2v) is 8.69. The highest BCUT2D eigenvalue weighted by Gasteiger charge is 2.39. The Morgan fingerprint density at radius 3 is 2.06 bits per heavy atom. The first kappa shape index (κ1) is 24.2. The van der Waals surface area contributed by atoms with Crippen molar-refractivity contribution in [1.29, 1.82) is 0 Å². The van der Waals surface area contributed by atoms with E-state index in [1.165, 1.54) is 12.7 Å². The minimum Gasteiger partial charge on any atom is -0.467 e. The molecule has 0 spiro atoms. The van der Waals surface area contributed by atoms with Crippen molar-refractivity contribution in [2.75, 3.05) is 7.11 Å². The Labute approximate surface area is 207 Å². The Balaban J connectivity index is 1.64. The van der Waals surface area contributed by atoms with Crippen molar-refractivity contribution in [3.05, 3.63) is 132 Å². The van der Waals surface area contributed by atoms with Gasteiger partial charge in [-0.2, -0.15) is 0 Å². The highest BCUT2D eigenvalue weighted by atomic mass is 16.5. The van der Waals surface area contributed by atoms with Crippen molar-refractivity contribution in [2.24, 2.45) is 0 Å². The second kappa shape index (κ2) is 11.5. The number of methoxy groups -OCH3 is 1. The van der Waals surface area contributed by atoms with Gasteiger partial charge in [0.1, 0.15) is 17.0 Å². The normalized spacial score (nSPS) is 13.4. The van der Waals surface area contributed by atoms with Gasteiger partial charge in [-0.15, -0.1) is 0 Å². The van der Waals surface area contributed by atoms with Crippen molar-refractivity contribution in [2.45, 2.75) is 31.3 Å². The van der Waals surface area contributed by atoms with Crippen molar-refractivity contribution in [1.82, 2.24) is 5.32 Å². The number of carbonyl (C=O) groups is 1. The lowest BCUT2D eigenvalue weighted by atomic mass is 9.88. The molecule has 4 aromatic rings. The van der Waals surface area contributed by atoms with Gasteiger partial charge in [0.2, 0.25) is 0 Å². The van der Waals surface area contributed by atoms with Crippen LogP contribution in [0.2, 0.25) is 0 Å². The van der Waals surface area contributed by atoms with Gasteiger partial charge in [0, 0.05) is 6.04 Å². The third-order valence-corrected chi connectivity index (χ3v) is 6.21. The van der Waals surface area contributed by atoms with Crippen LogP contribution < -0.4 is 10.1 Å². The van der Waals surface area contributed by atoms with E-state index in [1.807, 2.05) is 85.8 Å². The summed E-state index contributed by atoms with van der Waals surface area (Å²) in [5.41, 5.74) is 2.07. The number of carbonyl (C=O) groups excluding carboxylic acids is 1. The molecule has 0 radical (unpaired) electrons. The first-order chi connectivity index (χ1) is 17.1. The smallest absolute Gasteiger partial charge is 0.330 e. The molecule has 0 aliphatic heterocycles. The molecular weight excluding hydrogens is 434 g/mol. The summed E-state index contributed by atoms with van der Waals surface area (Å²) < 4.78 is 11.3. The zero-order valence-corrected chi connectivity index (χ0v) is 20.2. The summed E-state index contributed by atoms with van der Waals surface area (Å²) >= 11 is 0. The molecule has 0 saturated carbocycles. The van der Waals surface area contributed by atoms with E-state index in [-0.39, 0.29) is 12.0 Å². The molecule has 2 atom stereocenters. The molecule has 0 aromatic heterocycles. The average molecular weight is 466 g/mol.